The van der Waals surface area contributed by atoms with Crippen LogP contribution in [0.5, 0.6) is 5.75 Å². The predicted molar refractivity (Wildman–Crippen MR) is 137 cm³/mol. The van der Waals surface area contributed by atoms with Crippen LogP contribution in [0.3, 0.4) is 0 Å². The summed E-state index contributed by atoms with van der Waals surface area (Å²) in [5.74, 6) is 1.54. The first kappa shape index (κ1) is 24.1. The second-order valence-corrected chi connectivity index (χ2v) is 9.68. The molecule has 1 amide bonds. The van der Waals surface area contributed by atoms with Crippen molar-refractivity contribution in [1.82, 2.24) is 0 Å². The molecule has 1 heterocycles. The number of rotatable bonds is 9. The zero-order valence-corrected chi connectivity index (χ0v) is 20.5. The topological polar surface area (TPSA) is 63.1 Å². The molecule has 0 saturated heterocycles. The molecule has 1 aliphatic heterocycles. The van der Waals surface area contributed by atoms with E-state index >= 15 is 0 Å². The number of aliphatic imine (C=N–C) groups is 2. The SMILES string of the molecule is CCCCOc1ccc(C2=NC(C)(C)N=C2SCC(=O)Nc2ccc(C(C)C)cc2)cc1. The molecule has 0 bridgehead atoms. The van der Waals surface area contributed by atoms with Crippen molar-refractivity contribution < 1.29 is 9.53 Å². The van der Waals surface area contributed by atoms with Gasteiger partial charge in [0.1, 0.15) is 16.5 Å². The Morgan fingerprint density at radius 1 is 1.06 bits per heavy atom. The quantitative estimate of drug-likeness (QED) is 0.455. The Bertz CT molecular complexity index is 977. The van der Waals surface area contributed by atoms with Gasteiger partial charge in [0, 0.05) is 11.3 Å². The Labute approximate surface area is 195 Å². The lowest BCUT2D eigenvalue weighted by Gasteiger charge is -2.09. The van der Waals surface area contributed by atoms with E-state index in [1.54, 1.807) is 0 Å². The summed E-state index contributed by atoms with van der Waals surface area (Å²) in [6.07, 6.45) is 2.15. The van der Waals surface area contributed by atoms with Gasteiger partial charge in [0.2, 0.25) is 5.91 Å². The van der Waals surface area contributed by atoms with E-state index in [4.69, 9.17) is 14.7 Å². The number of unbranched alkanes of at least 4 members (excludes halogenated alkanes) is 1. The first-order chi connectivity index (χ1) is 15.3. The molecule has 0 atom stereocenters. The van der Waals surface area contributed by atoms with Crippen molar-refractivity contribution in [3.63, 3.8) is 0 Å². The van der Waals surface area contributed by atoms with Gasteiger partial charge in [-0.3, -0.25) is 9.79 Å². The number of thioether (sulfide) groups is 1. The van der Waals surface area contributed by atoms with E-state index in [0.29, 0.717) is 5.92 Å². The van der Waals surface area contributed by atoms with E-state index in [0.717, 1.165) is 47.2 Å². The third-order valence-electron chi connectivity index (χ3n) is 5.06. The van der Waals surface area contributed by atoms with Gasteiger partial charge in [-0.25, -0.2) is 4.99 Å². The van der Waals surface area contributed by atoms with Gasteiger partial charge >= 0.3 is 0 Å². The first-order valence-corrected chi connectivity index (χ1v) is 12.2. The van der Waals surface area contributed by atoms with E-state index < -0.39 is 5.66 Å². The molecule has 0 aromatic heterocycles. The lowest BCUT2D eigenvalue weighted by atomic mass is 10.0. The minimum atomic E-state index is -0.531. The Kier molecular flexibility index (Phi) is 8.13. The van der Waals surface area contributed by atoms with Crippen LogP contribution in [0.4, 0.5) is 5.69 Å². The van der Waals surface area contributed by atoms with Gasteiger partial charge < -0.3 is 10.1 Å². The van der Waals surface area contributed by atoms with Crippen molar-refractivity contribution in [3.05, 3.63) is 59.7 Å². The Balaban J connectivity index is 1.61. The van der Waals surface area contributed by atoms with E-state index in [1.165, 1.54) is 17.3 Å². The Morgan fingerprint density at radius 3 is 2.38 bits per heavy atom. The minimum Gasteiger partial charge on any atom is -0.494 e. The summed E-state index contributed by atoms with van der Waals surface area (Å²) in [6, 6.07) is 16.0. The van der Waals surface area contributed by atoms with Crippen LogP contribution < -0.4 is 10.1 Å². The largest absolute Gasteiger partial charge is 0.494 e. The summed E-state index contributed by atoms with van der Waals surface area (Å²) in [4.78, 5) is 22.0. The fourth-order valence-electron chi connectivity index (χ4n) is 3.26. The van der Waals surface area contributed by atoms with Crippen molar-refractivity contribution in [1.29, 1.82) is 0 Å². The molecule has 0 aliphatic carbocycles. The molecule has 0 unspecified atom stereocenters. The molecule has 0 radical (unpaired) electrons. The highest BCUT2D eigenvalue weighted by Gasteiger charge is 2.28. The molecule has 32 heavy (non-hydrogen) atoms. The molecule has 2 aromatic carbocycles. The summed E-state index contributed by atoms with van der Waals surface area (Å²) in [5.41, 5.74) is 3.34. The molecule has 3 rings (SSSR count). The van der Waals surface area contributed by atoms with Crippen LogP contribution >= 0.6 is 11.8 Å². The number of amides is 1. The summed E-state index contributed by atoms with van der Waals surface area (Å²) >= 11 is 1.42. The maximum atomic E-state index is 12.5. The van der Waals surface area contributed by atoms with E-state index in [9.17, 15) is 4.79 Å². The number of benzene rings is 2. The van der Waals surface area contributed by atoms with Crippen LogP contribution in [0, 0.1) is 0 Å². The molecular formula is C26H33N3O2S. The van der Waals surface area contributed by atoms with E-state index in [-0.39, 0.29) is 11.7 Å². The van der Waals surface area contributed by atoms with Gasteiger partial charge in [0.25, 0.3) is 0 Å². The summed E-state index contributed by atoms with van der Waals surface area (Å²) in [7, 11) is 0. The van der Waals surface area contributed by atoms with Crippen LogP contribution in [0.25, 0.3) is 0 Å². The fraction of sp³-hybridized carbons (Fsp3) is 0.423. The van der Waals surface area contributed by atoms with Gasteiger partial charge in [-0.15, -0.1) is 0 Å². The lowest BCUT2D eigenvalue weighted by molar-refractivity contribution is -0.113. The number of anilines is 1. The van der Waals surface area contributed by atoms with Gasteiger partial charge in [0.15, 0.2) is 0 Å². The number of ether oxygens (including phenoxy) is 1. The lowest BCUT2D eigenvalue weighted by Crippen LogP contribution is -2.17. The van der Waals surface area contributed by atoms with Crippen molar-refractivity contribution in [3.8, 4) is 5.75 Å². The number of carbonyl (C=O) groups excluding carboxylic acids is 1. The average molecular weight is 452 g/mol. The van der Waals surface area contributed by atoms with E-state index in [1.807, 2.05) is 50.2 Å². The highest BCUT2D eigenvalue weighted by Crippen LogP contribution is 2.27. The molecule has 5 nitrogen and oxygen atoms in total. The van der Waals surface area contributed by atoms with Crippen molar-refractivity contribution in [2.24, 2.45) is 9.98 Å². The second kappa shape index (κ2) is 10.8. The molecule has 0 spiro atoms. The van der Waals surface area contributed by atoms with Crippen LogP contribution in [0.2, 0.25) is 0 Å². The normalized spacial score (nSPS) is 14.8. The monoisotopic (exact) mass is 451 g/mol. The number of carbonyl (C=O) groups is 1. The van der Waals surface area contributed by atoms with Gasteiger partial charge in [0.05, 0.1) is 18.1 Å². The third kappa shape index (κ3) is 6.70. The maximum Gasteiger partial charge on any atom is 0.234 e. The molecule has 1 N–H and O–H groups in total. The molecule has 1 aliphatic rings. The molecule has 6 heteroatoms. The van der Waals surface area contributed by atoms with Crippen LogP contribution in [0.15, 0.2) is 58.5 Å². The zero-order chi connectivity index (χ0) is 23.1. The zero-order valence-electron chi connectivity index (χ0n) is 19.6. The van der Waals surface area contributed by atoms with Crippen molar-refractivity contribution in [2.45, 2.75) is 59.0 Å². The molecule has 0 fully saturated rings. The number of nitrogens with one attached hydrogen (secondary N) is 1. The number of nitrogens with zero attached hydrogens (tertiary/aromatic N) is 2. The molecule has 0 saturated carbocycles. The first-order valence-electron chi connectivity index (χ1n) is 11.2. The predicted octanol–water partition coefficient (Wildman–Crippen LogP) is 6.30. The van der Waals surface area contributed by atoms with Crippen LogP contribution in [-0.4, -0.2) is 34.7 Å². The molecule has 2 aromatic rings. The second-order valence-electron chi connectivity index (χ2n) is 8.71. The van der Waals surface area contributed by atoms with Crippen LogP contribution in [0.1, 0.15) is 64.5 Å². The average Bonchev–Trinajstić information content (AvgIpc) is 3.08. The van der Waals surface area contributed by atoms with Gasteiger partial charge in [-0.05, 0) is 68.1 Å². The van der Waals surface area contributed by atoms with E-state index in [2.05, 4.69) is 38.2 Å². The number of hydrogen-bond acceptors (Lipinski definition) is 5. The smallest absolute Gasteiger partial charge is 0.234 e. The van der Waals surface area contributed by atoms with Gasteiger partial charge in [-0.1, -0.05) is 51.1 Å². The minimum absolute atomic E-state index is 0.0567. The van der Waals surface area contributed by atoms with Crippen molar-refractivity contribution >= 4 is 34.1 Å². The summed E-state index contributed by atoms with van der Waals surface area (Å²) in [5, 5.41) is 3.76. The number of hydrogen-bond donors (Lipinski definition) is 1. The van der Waals surface area contributed by atoms with Crippen LogP contribution in [-0.2, 0) is 4.79 Å². The summed E-state index contributed by atoms with van der Waals surface area (Å²) in [6.45, 7) is 11.1. The standard InChI is InChI=1S/C26H33N3O2S/c1-6-7-16-31-22-14-10-20(11-15-22)24-25(29-26(4,5)28-24)32-17-23(30)27-21-12-8-19(9-13-21)18(2)3/h8-15,18H,6-7,16-17H2,1-5H3,(H,27,30). The molecule has 170 valence electrons. The maximum absolute atomic E-state index is 12.5. The Morgan fingerprint density at radius 2 is 1.75 bits per heavy atom. The highest BCUT2D eigenvalue weighted by molar-refractivity contribution is 8.16. The van der Waals surface area contributed by atoms with Gasteiger partial charge in [-0.2, -0.15) is 0 Å². The highest BCUT2D eigenvalue weighted by atomic mass is 32.2. The fourth-order valence-corrected chi connectivity index (χ4v) is 4.19. The Hall–Kier alpha value is -2.60. The summed E-state index contributed by atoms with van der Waals surface area (Å²) < 4.78 is 5.76. The molecular weight excluding hydrogens is 418 g/mol. The third-order valence-corrected chi connectivity index (χ3v) is 6.02. The van der Waals surface area contributed by atoms with Crippen molar-refractivity contribution in [2.75, 3.05) is 17.7 Å².